The molecule has 4 nitrogen and oxygen atoms in total. The normalized spacial score (nSPS) is 11.3. The Labute approximate surface area is 126 Å². The fourth-order valence-electron chi connectivity index (χ4n) is 1.91. The molecule has 3 aromatic rings. The van der Waals surface area contributed by atoms with Gasteiger partial charge in [0.05, 0.1) is 21.1 Å². The van der Waals surface area contributed by atoms with E-state index in [0.29, 0.717) is 27.1 Å². The summed E-state index contributed by atoms with van der Waals surface area (Å²) in [5, 5.41) is 0.933. The highest BCUT2D eigenvalue weighted by Gasteiger charge is 2.13. The van der Waals surface area contributed by atoms with Crippen LogP contribution in [0.3, 0.4) is 0 Å². The molecule has 0 aliphatic heterocycles. The molecule has 7 heteroatoms. The minimum atomic E-state index is -0.260. The van der Waals surface area contributed by atoms with Crippen molar-refractivity contribution in [1.29, 1.82) is 0 Å². The number of aromatic nitrogens is 3. The van der Waals surface area contributed by atoms with Gasteiger partial charge in [0.1, 0.15) is 10.8 Å². The average Bonchev–Trinajstić information content (AvgIpc) is 2.87. The second kappa shape index (κ2) is 4.71. The maximum absolute atomic E-state index is 13.7. The van der Waals surface area contributed by atoms with E-state index in [2.05, 4.69) is 9.97 Å². The number of hydrogen-bond acceptors (Lipinski definition) is 4. The molecule has 19 heavy (non-hydrogen) atoms. The molecule has 3 rings (SSSR count). The van der Waals surface area contributed by atoms with Gasteiger partial charge in [-0.3, -0.25) is 0 Å². The number of imidazole rings is 1. The highest BCUT2D eigenvalue weighted by molar-refractivity contribution is 14.1. The minimum Gasteiger partial charge on any atom is -0.369 e. The van der Waals surface area contributed by atoms with Gasteiger partial charge in [0.2, 0.25) is 5.95 Å². The lowest BCUT2D eigenvalue weighted by Gasteiger charge is -2.04. The summed E-state index contributed by atoms with van der Waals surface area (Å²) in [5.74, 6) is 0.119. The van der Waals surface area contributed by atoms with Gasteiger partial charge in [-0.2, -0.15) is 0 Å². The highest BCUT2D eigenvalue weighted by Crippen LogP contribution is 2.24. The summed E-state index contributed by atoms with van der Waals surface area (Å²) in [4.78, 5) is 9.70. The summed E-state index contributed by atoms with van der Waals surface area (Å²) in [6, 6.07) is 3.17. The van der Waals surface area contributed by atoms with Crippen molar-refractivity contribution >= 4 is 50.9 Å². The van der Waals surface area contributed by atoms with E-state index < -0.39 is 0 Å². The van der Waals surface area contributed by atoms with E-state index in [9.17, 15) is 4.39 Å². The van der Waals surface area contributed by atoms with Crippen molar-refractivity contribution in [3.63, 3.8) is 0 Å². The largest absolute Gasteiger partial charge is 0.369 e. The molecule has 1 aromatic carbocycles. The van der Waals surface area contributed by atoms with Crippen LogP contribution in [0.25, 0.3) is 11.0 Å². The Morgan fingerprint density at radius 3 is 2.95 bits per heavy atom. The first kappa shape index (κ1) is 12.8. The lowest BCUT2D eigenvalue weighted by atomic mass is 10.3. The molecule has 0 saturated heterocycles. The molecule has 0 spiro atoms. The quantitative estimate of drug-likeness (QED) is 0.687. The molecule has 0 aliphatic rings. The average molecular weight is 388 g/mol. The Morgan fingerprint density at radius 1 is 1.47 bits per heavy atom. The Kier molecular flexibility index (Phi) is 3.17. The molecule has 0 saturated carbocycles. The van der Waals surface area contributed by atoms with E-state index in [4.69, 9.17) is 5.73 Å². The molecule has 0 atom stereocenters. The molecule has 2 aromatic heterocycles. The first-order chi connectivity index (χ1) is 9.04. The predicted molar refractivity (Wildman–Crippen MR) is 82.8 cm³/mol. The highest BCUT2D eigenvalue weighted by atomic mass is 127. The minimum absolute atomic E-state index is 0.260. The van der Waals surface area contributed by atoms with Crippen LogP contribution in [0.1, 0.15) is 9.88 Å². The van der Waals surface area contributed by atoms with Crippen molar-refractivity contribution < 1.29 is 4.39 Å². The standard InChI is InChI=1S/C12H10FIN4S/c1-6-4-16-11(19-6)5-18-10-2-7(13)8(14)3-9(10)17-12(18)15/h2-4H,5H2,1H3,(H2,15,17). The molecular formula is C12H10FIN4S. The number of halogens is 2. The molecule has 2 heterocycles. The van der Waals surface area contributed by atoms with Gasteiger partial charge >= 0.3 is 0 Å². The molecule has 0 radical (unpaired) electrons. The van der Waals surface area contributed by atoms with Crippen LogP contribution in [0.2, 0.25) is 0 Å². The number of anilines is 1. The molecule has 0 unspecified atom stereocenters. The topological polar surface area (TPSA) is 56.7 Å². The first-order valence-corrected chi connectivity index (χ1v) is 7.46. The lowest BCUT2D eigenvalue weighted by molar-refractivity contribution is 0.621. The lowest BCUT2D eigenvalue weighted by Crippen LogP contribution is -2.04. The molecule has 2 N–H and O–H groups in total. The SMILES string of the molecule is Cc1cnc(Cn2c(N)nc3cc(I)c(F)cc32)s1. The van der Waals surface area contributed by atoms with Crippen molar-refractivity contribution in [2.45, 2.75) is 13.5 Å². The van der Waals surface area contributed by atoms with Gasteiger partial charge in [-0.1, -0.05) is 0 Å². The number of rotatable bonds is 2. The van der Waals surface area contributed by atoms with Crippen LogP contribution in [0.4, 0.5) is 10.3 Å². The predicted octanol–water partition coefficient (Wildman–Crippen LogP) is 3.18. The van der Waals surface area contributed by atoms with Crippen LogP contribution in [0.15, 0.2) is 18.3 Å². The third-order valence-electron chi connectivity index (χ3n) is 2.78. The molecule has 98 valence electrons. The maximum Gasteiger partial charge on any atom is 0.201 e. The van der Waals surface area contributed by atoms with E-state index in [0.717, 1.165) is 9.88 Å². The van der Waals surface area contributed by atoms with E-state index in [1.165, 1.54) is 6.07 Å². The number of nitrogen functional groups attached to an aromatic ring is 1. The summed E-state index contributed by atoms with van der Waals surface area (Å²) in [6.07, 6.45) is 1.82. The zero-order valence-corrected chi connectivity index (χ0v) is 13.0. The Hall–Kier alpha value is -1.22. The van der Waals surface area contributed by atoms with E-state index in [-0.39, 0.29) is 5.82 Å². The number of aryl methyl sites for hydroxylation is 1. The number of fused-ring (bicyclic) bond motifs is 1. The third-order valence-corrected chi connectivity index (χ3v) is 4.51. The number of nitrogens with two attached hydrogens (primary N) is 1. The molecule has 0 aliphatic carbocycles. The van der Waals surface area contributed by atoms with E-state index >= 15 is 0 Å². The molecular weight excluding hydrogens is 378 g/mol. The van der Waals surface area contributed by atoms with Gasteiger partial charge in [-0.15, -0.1) is 11.3 Å². The number of nitrogens with zero attached hydrogens (tertiary/aromatic N) is 3. The van der Waals surface area contributed by atoms with Crippen molar-refractivity contribution in [1.82, 2.24) is 14.5 Å². The van der Waals surface area contributed by atoms with Gasteiger partial charge in [-0.05, 0) is 35.6 Å². The van der Waals surface area contributed by atoms with Gasteiger partial charge < -0.3 is 10.3 Å². The van der Waals surface area contributed by atoms with Crippen LogP contribution in [-0.4, -0.2) is 14.5 Å². The summed E-state index contributed by atoms with van der Waals surface area (Å²) in [5.41, 5.74) is 7.31. The second-order valence-corrected chi connectivity index (χ2v) is 6.66. The van der Waals surface area contributed by atoms with Crippen molar-refractivity contribution in [2.24, 2.45) is 0 Å². The molecule has 0 amide bonds. The van der Waals surface area contributed by atoms with E-state index in [1.807, 2.05) is 35.7 Å². The number of hydrogen-bond donors (Lipinski definition) is 1. The third kappa shape index (κ3) is 2.32. The molecule has 0 bridgehead atoms. The van der Waals surface area contributed by atoms with Crippen LogP contribution in [0, 0.1) is 16.3 Å². The summed E-state index contributed by atoms with van der Waals surface area (Å²) >= 11 is 3.55. The van der Waals surface area contributed by atoms with Gasteiger partial charge in [0.15, 0.2) is 0 Å². The fourth-order valence-corrected chi connectivity index (χ4v) is 3.14. The monoisotopic (exact) mass is 388 g/mol. The van der Waals surface area contributed by atoms with E-state index in [1.54, 1.807) is 22.0 Å². The second-order valence-electron chi connectivity index (χ2n) is 4.18. The van der Waals surface area contributed by atoms with Crippen molar-refractivity contribution in [3.05, 3.63) is 37.6 Å². The number of thiazole rings is 1. The van der Waals surface area contributed by atoms with Gasteiger partial charge in [0, 0.05) is 17.1 Å². The smallest absolute Gasteiger partial charge is 0.201 e. The first-order valence-electron chi connectivity index (χ1n) is 5.56. The van der Waals surface area contributed by atoms with Gasteiger partial charge in [-0.25, -0.2) is 14.4 Å². The number of benzene rings is 1. The van der Waals surface area contributed by atoms with Crippen molar-refractivity contribution in [3.8, 4) is 0 Å². The Morgan fingerprint density at radius 2 is 2.26 bits per heavy atom. The Bertz CT molecular complexity index is 765. The molecule has 0 fully saturated rings. The fraction of sp³-hybridized carbons (Fsp3) is 0.167. The summed E-state index contributed by atoms with van der Waals surface area (Å²) in [6.45, 7) is 2.51. The zero-order chi connectivity index (χ0) is 13.6. The zero-order valence-electron chi connectivity index (χ0n) is 10.0. The maximum atomic E-state index is 13.7. The summed E-state index contributed by atoms with van der Waals surface area (Å²) in [7, 11) is 0. The Balaban J connectivity index is 2.12. The summed E-state index contributed by atoms with van der Waals surface area (Å²) < 4.78 is 16.0. The van der Waals surface area contributed by atoms with Crippen LogP contribution in [0.5, 0.6) is 0 Å². The van der Waals surface area contributed by atoms with Crippen molar-refractivity contribution in [2.75, 3.05) is 5.73 Å². The van der Waals surface area contributed by atoms with Crippen LogP contribution in [-0.2, 0) is 6.54 Å². The van der Waals surface area contributed by atoms with Crippen LogP contribution < -0.4 is 5.73 Å². The van der Waals surface area contributed by atoms with Crippen LogP contribution >= 0.6 is 33.9 Å². The van der Waals surface area contributed by atoms with Gasteiger partial charge in [0.25, 0.3) is 0 Å².